The third-order valence-electron chi connectivity index (χ3n) is 1.38. The van der Waals surface area contributed by atoms with E-state index in [1.807, 2.05) is 22.9 Å². The summed E-state index contributed by atoms with van der Waals surface area (Å²) >= 11 is 2.85. The number of carbonyl (C=O) groups is 1. The van der Waals surface area contributed by atoms with E-state index >= 15 is 0 Å². The number of halogens is 1. The van der Waals surface area contributed by atoms with Crippen LogP contribution in [0.2, 0.25) is 0 Å². The molecule has 0 aliphatic carbocycles. The lowest BCUT2D eigenvalue weighted by atomic mass is 10.5. The molecule has 0 bridgehead atoms. The van der Waals surface area contributed by atoms with Crippen LogP contribution < -0.4 is 4.72 Å². The van der Waals surface area contributed by atoms with Crippen LogP contribution in [-0.4, -0.2) is 14.3 Å². The predicted molar refractivity (Wildman–Crippen MR) is 70.9 cm³/mol. The second-order valence-corrected chi connectivity index (χ2v) is 6.70. The monoisotopic (exact) mass is 309 g/mol. The Morgan fingerprint density at radius 1 is 1.18 bits per heavy atom. The Balaban J connectivity index is 0.000000239. The van der Waals surface area contributed by atoms with Crippen LogP contribution in [0.1, 0.15) is 9.67 Å². The predicted octanol–water partition coefficient (Wildman–Crippen LogP) is 2.71. The van der Waals surface area contributed by atoms with Gasteiger partial charge in [-0.1, -0.05) is 18.2 Å². The fraction of sp³-hybridized carbons (Fsp3) is 0. The number of rotatable bonds is 2. The van der Waals surface area contributed by atoms with E-state index in [-0.39, 0.29) is 0 Å². The molecule has 2 aromatic rings. The standard InChI is InChI=1S/C5H4ClNO3S2.C4H4S/c6-12(9,10)7-5(8)4-2-1-3-11-4;1-2-4-5-3-1/h1-3H,(H,7,8);1-4H. The Morgan fingerprint density at radius 3 is 2.18 bits per heavy atom. The van der Waals surface area contributed by atoms with Crippen LogP contribution >= 0.6 is 33.4 Å². The molecule has 0 aliphatic rings. The van der Waals surface area contributed by atoms with Crippen molar-refractivity contribution in [1.29, 1.82) is 0 Å². The first-order valence-electron chi connectivity index (χ1n) is 4.26. The highest BCUT2D eigenvalue weighted by Gasteiger charge is 2.12. The third kappa shape index (κ3) is 6.42. The minimum Gasteiger partial charge on any atom is -0.267 e. The van der Waals surface area contributed by atoms with Crippen LogP contribution in [0.4, 0.5) is 0 Å². The molecule has 0 aromatic carbocycles. The molecule has 0 saturated carbocycles. The highest BCUT2D eigenvalue weighted by atomic mass is 35.7. The van der Waals surface area contributed by atoms with E-state index in [4.69, 9.17) is 10.7 Å². The van der Waals surface area contributed by atoms with Gasteiger partial charge in [-0.15, -0.1) is 11.3 Å². The molecule has 0 radical (unpaired) electrons. The van der Waals surface area contributed by atoms with Crippen LogP contribution in [-0.2, 0) is 9.24 Å². The summed E-state index contributed by atoms with van der Waals surface area (Å²) in [5.74, 6) is -0.708. The Morgan fingerprint density at radius 2 is 1.82 bits per heavy atom. The van der Waals surface area contributed by atoms with Gasteiger partial charge in [0.1, 0.15) is 0 Å². The highest BCUT2D eigenvalue weighted by molar-refractivity contribution is 8.12. The van der Waals surface area contributed by atoms with Crippen molar-refractivity contribution in [3.8, 4) is 0 Å². The van der Waals surface area contributed by atoms with Gasteiger partial charge in [0.2, 0.25) is 0 Å². The van der Waals surface area contributed by atoms with Crippen LogP contribution in [0.5, 0.6) is 0 Å². The van der Waals surface area contributed by atoms with Gasteiger partial charge in [0.05, 0.1) is 4.88 Å². The van der Waals surface area contributed by atoms with E-state index in [0.717, 1.165) is 11.3 Å². The minimum atomic E-state index is -3.97. The summed E-state index contributed by atoms with van der Waals surface area (Å²) in [7, 11) is 0.820. The van der Waals surface area contributed by atoms with Gasteiger partial charge < -0.3 is 0 Å². The first-order valence-corrected chi connectivity index (χ1v) is 8.39. The summed E-state index contributed by atoms with van der Waals surface area (Å²) in [6.07, 6.45) is 0. The summed E-state index contributed by atoms with van der Waals surface area (Å²) in [6, 6.07) is 7.18. The lowest BCUT2D eigenvalue weighted by molar-refractivity contribution is 0.0986. The molecule has 0 aliphatic heterocycles. The largest absolute Gasteiger partial charge is 0.321 e. The molecule has 92 valence electrons. The number of hydrogen-bond acceptors (Lipinski definition) is 5. The third-order valence-corrected chi connectivity index (χ3v) is 3.54. The summed E-state index contributed by atoms with van der Waals surface area (Å²) in [6.45, 7) is 0. The Kier molecular flexibility index (Phi) is 5.63. The molecule has 0 unspecified atom stereocenters. The normalized spacial score (nSPS) is 10.2. The molecule has 17 heavy (non-hydrogen) atoms. The van der Waals surface area contributed by atoms with Gasteiger partial charge in [0.15, 0.2) is 0 Å². The fourth-order valence-electron chi connectivity index (χ4n) is 0.796. The summed E-state index contributed by atoms with van der Waals surface area (Å²) in [4.78, 5) is 11.3. The fourth-order valence-corrected chi connectivity index (χ4v) is 2.47. The molecule has 1 amide bonds. The Hall–Kier alpha value is -0.890. The van der Waals surface area contributed by atoms with Crippen molar-refractivity contribution in [3.05, 3.63) is 45.3 Å². The lowest BCUT2D eigenvalue weighted by Crippen LogP contribution is -2.25. The van der Waals surface area contributed by atoms with Crippen LogP contribution in [0.3, 0.4) is 0 Å². The van der Waals surface area contributed by atoms with Gasteiger partial charge in [0.25, 0.3) is 5.91 Å². The second-order valence-electron chi connectivity index (χ2n) is 2.64. The molecule has 4 nitrogen and oxygen atoms in total. The van der Waals surface area contributed by atoms with Crippen LogP contribution in [0.25, 0.3) is 0 Å². The molecule has 0 saturated heterocycles. The molecular weight excluding hydrogens is 302 g/mol. The second kappa shape index (κ2) is 6.75. The van der Waals surface area contributed by atoms with Crippen molar-refractivity contribution in [2.75, 3.05) is 0 Å². The number of carbonyl (C=O) groups excluding carboxylic acids is 1. The zero-order chi connectivity index (χ0) is 12.7. The highest BCUT2D eigenvalue weighted by Crippen LogP contribution is 2.08. The molecule has 0 fully saturated rings. The molecule has 0 atom stereocenters. The SMILES string of the molecule is O=C(NS(=O)(=O)Cl)c1cccs1.c1ccsc1. The zero-order valence-electron chi connectivity index (χ0n) is 8.37. The van der Waals surface area contributed by atoms with Gasteiger partial charge in [-0.2, -0.15) is 19.8 Å². The molecule has 2 heterocycles. The van der Waals surface area contributed by atoms with Crippen molar-refractivity contribution in [3.63, 3.8) is 0 Å². The van der Waals surface area contributed by atoms with Gasteiger partial charge in [-0.25, -0.2) is 4.72 Å². The quantitative estimate of drug-likeness (QED) is 0.868. The summed E-state index contributed by atoms with van der Waals surface area (Å²) in [5.41, 5.74) is 0. The van der Waals surface area contributed by atoms with E-state index in [2.05, 4.69) is 0 Å². The van der Waals surface area contributed by atoms with Crippen LogP contribution in [0, 0.1) is 0 Å². The topological polar surface area (TPSA) is 63.2 Å². The first-order chi connectivity index (χ1) is 7.99. The van der Waals surface area contributed by atoms with Gasteiger partial charge in [0, 0.05) is 10.7 Å². The van der Waals surface area contributed by atoms with Crippen molar-refractivity contribution in [2.45, 2.75) is 0 Å². The Labute approximate surface area is 111 Å². The average molecular weight is 310 g/mol. The maximum atomic E-state index is 11.0. The summed E-state index contributed by atoms with van der Waals surface area (Å²) < 4.78 is 22.4. The average Bonchev–Trinajstić information content (AvgIpc) is 2.93. The minimum absolute atomic E-state index is 0.305. The molecule has 8 heteroatoms. The maximum Gasteiger partial charge on any atom is 0.321 e. The number of hydrogen-bond donors (Lipinski definition) is 1. The molecule has 2 rings (SSSR count). The molecule has 0 spiro atoms. The summed E-state index contributed by atoms with van der Waals surface area (Å²) in [5, 5.41) is 5.75. The van der Waals surface area contributed by atoms with E-state index < -0.39 is 15.1 Å². The smallest absolute Gasteiger partial charge is 0.267 e. The first kappa shape index (κ1) is 14.2. The maximum absolute atomic E-state index is 11.0. The number of amides is 1. The lowest BCUT2D eigenvalue weighted by Gasteiger charge is -1.95. The van der Waals surface area contributed by atoms with E-state index in [1.54, 1.807) is 27.5 Å². The van der Waals surface area contributed by atoms with Gasteiger partial charge in [-0.05, 0) is 22.2 Å². The van der Waals surface area contributed by atoms with Crippen molar-refractivity contribution in [2.24, 2.45) is 0 Å². The van der Waals surface area contributed by atoms with Crippen LogP contribution in [0.15, 0.2) is 40.4 Å². The van der Waals surface area contributed by atoms with E-state index in [1.165, 1.54) is 6.07 Å². The van der Waals surface area contributed by atoms with E-state index in [9.17, 15) is 13.2 Å². The van der Waals surface area contributed by atoms with Gasteiger partial charge >= 0.3 is 9.24 Å². The molecular formula is C9H8ClNO3S3. The van der Waals surface area contributed by atoms with Crippen molar-refractivity contribution >= 4 is 48.5 Å². The van der Waals surface area contributed by atoms with Crippen molar-refractivity contribution < 1.29 is 13.2 Å². The molecule has 2 aromatic heterocycles. The zero-order valence-corrected chi connectivity index (χ0v) is 11.6. The number of nitrogens with one attached hydrogen (secondary N) is 1. The molecule has 1 N–H and O–H groups in total. The van der Waals surface area contributed by atoms with Gasteiger partial charge in [-0.3, -0.25) is 4.79 Å². The van der Waals surface area contributed by atoms with E-state index in [0.29, 0.717) is 4.88 Å². The Bertz CT molecular complexity index is 517. The number of thiophene rings is 2. The van der Waals surface area contributed by atoms with Crippen molar-refractivity contribution in [1.82, 2.24) is 4.72 Å².